The van der Waals surface area contributed by atoms with Gasteiger partial charge < -0.3 is 33.8 Å². The first-order valence-electron chi connectivity index (χ1n) is 42.6. The smallest absolute Gasteiger partial charge is 0.462 e. The van der Waals surface area contributed by atoms with Gasteiger partial charge in [0.2, 0.25) is 0 Å². The van der Waals surface area contributed by atoms with Crippen LogP contribution in [0.5, 0.6) is 0 Å². The van der Waals surface area contributed by atoms with E-state index in [-0.39, 0.29) is 25.7 Å². The number of rotatable bonds is 82. The average molecular weight is 1480 g/mol. The fourth-order valence-corrected chi connectivity index (χ4v) is 14.3. The molecule has 0 amide bonds. The number of aliphatic hydroxyl groups excluding tert-OH is 1. The summed E-state index contributed by atoms with van der Waals surface area (Å²) in [6, 6.07) is 0. The number of esters is 4. The van der Waals surface area contributed by atoms with E-state index < -0.39 is 97.5 Å². The molecule has 5 atom stereocenters. The van der Waals surface area contributed by atoms with Gasteiger partial charge in [-0.25, -0.2) is 9.13 Å². The topological polar surface area (TPSA) is 237 Å². The van der Waals surface area contributed by atoms with Gasteiger partial charge >= 0.3 is 39.5 Å². The Morgan fingerprint density at radius 3 is 0.673 bits per heavy atom. The molecule has 600 valence electrons. The Morgan fingerprint density at radius 2 is 0.455 bits per heavy atom. The SMILES string of the molecule is CCCCCCCCCCCCCCCCCCCCCC(=O)OC[C@H](COP(=O)(O)OC[C@@H](O)COP(=O)(O)OC[C@@H](COC(=O)CCCCCCCCCC)OC(=O)CCCCCCCCCCCCCCCCC)OC(=O)CCCCCCCCCCCCCCCCCCC(C)C. The van der Waals surface area contributed by atoms with Crippen LogP contribution in [0.25, 0.3) is 0 Å². The molecule has 19 heteroatoms. The normalized spacial score (nSPS) is 13.8. The number of phosphoric ester groups is 2. The molecule has 0 heterocycles. The van der Waals surface area contributed by atoms with Crippen molar-refractivity contribution < 1.29 is 80.2 Å². The van der Waals surface area contributed by atoms with E-state index in [9.17, 15) is 43.2 Å². The summed E-state index contributed by atoms with van der Waals surface area (Å²) in [6.45, 7) is 7.35. The van der Waals surface area contributed by atoms with E-state index in [1.807, 2.05) is 0 Å². The highest BCUT2D eigenvalue weighted by atomic mass is 31.2. The van der Waals surface area contributed by atoms with Gasteiger partial charge in [-0.15, -0.1) is 0 Å². The molecular weight excluding hydrogens is 1320 g/mol. The van der Waals surface area contributed by atoms with Gasteiger partial charge in [-0.05, 0) is 31.6 Å². The highest BCUT2D eigenvalue weighted by Gasteiger charge is 2.30. The molecule has 0 spiro atoms. The second-order valence-corrected chi connectivity index (χ2v) is 32.9. The molecule has 0 saturated heterocycles. The predicted octanol–water partition coefficient (Wildman–Crippen LogP) is 24.8. The molecule has 0 aliphatic carbocycles. The van der Waals surface area contributed by atoms with Crippen LogP contribution in [-0.2, 0) is 65.4 Å². The van der Waals surface area contributed by atoms with Crippen LogP contribution in [0.15, 0.2) is 0 Å². The minimum absolute atomic E-state index is 0.108. The zero-order chi connectivity index (χ0) is 74.1. The van der Waals surface area contributed by atoms with E-state index in [1.54, 1.807) is 0 Å². The van der Waals surface area contributed by atoms with Crippen molar-refractivity contribution in [1.29, 1.82) is 0 Å². The molecule has 0 aliphatic heterocycles. The lowest BCUT2D eigenvalue weighted by Gasteiger charge is -2.21. The summed E-state index contributed by atoms with van der Waals surface area (Å²) < 4.78 is 68.7. The van der Waals surface area contributed by atoms with Gasteiger partial charge in [0.25, 0.3) is 0 Å². The highest BCUT2D eigenvalue weighted by Crippen LogP contribution is 2.45. The molecule has 0 aliphatic rings. The standard InChI is InChI=1S/C82H160O17P2/c1-6-9-12-15-18-21-23-25-27-28-29-30-35-38-42-46-51-56-61-66-80(85)93-72-78(99-82(87)68-63-58-53-48-44-40-36-32-31-34-37-41-45-49-54-59-64-75(4)5)74-97-101(90,91)95-70-76(83)69-94-100(88,89)96-73-77(71-92-79(84)65-60-55-50-20-17-14-11-8-3)98-81(86)67-62-57-52-47-43-39-33-26-24-22-19-16-13-10-7-2/h75-78,83H,6-74H2,1-5H3,(H,88,89)(H,90,91)/t76-,77+,78+/m0/s1. The van der Waals surface area contributed by atoms with Crippen molar-refractivity contribution in [2.75, 3.05) is 39.6 Å². The molecular formula is C82H160O17P2. The molecule has 0 radical (unpaired) electrons. The number of ether oxygens (including phenoxy) is 4. The van der Waals surface area contributed by atoms with Crippen LogP contribution < -0.4 is 0 Å². The van der Waals surface area contributed by atoms with Gasteiger partial charge in [0.15, 0.2) is 12.2 Å². The van der Waals surface area contributed by atoms with Crippen molar-refractivity contribution in [3.8, 4) is 0 Å². The Bertz CT molecular complexity index is 1930. The Balaban J connectivity index is 5.19. The fourth-order valence-electron chi connectivity index (χ4n) is 12.8. The predicted molar refractivity (Wildman–Crippen MR) is 414 cm³/mol. The minimum atomic E-state index is -4.96. The van der Waals surface area contributed by atoms with Crippen LogP contribution in [-0.4, -0.2) is 96.7 Å². The highest BCUT2D eigenvalue weighted by molar-refractivity contribution is 7.47. The van der Waals surface area contributed by atoms with Crippen LogP contribution in [0.3, 0.4) is 0 Å². The summed E-state index contributed by atoms with van der Waals surface area (Å²) in [5.74, 6) is -1.30. The van der Waals surface area contributed by atoms with Crippen molar-refractivity contribution >= 4 is 39.5 Å². The van der Waals surface area contributed by atoms with Crippen LogP contribution >= 0.6 is 15.6 Å². The molecule has 0 bridgehead atoms. The largest absolute Gasteiger partial charge is 0.472 e. The molecule has 2 unspecified atom stereocenters. The van der Waals surface area contributed by atoms with Crippen molar-refractivity contribution in [2.45, 2.75) is 457 Å². The van der Waals surface area contributed by atoms with Crippen LogP contribution in [0.4, 0.5) is 0 Å². The molecule has 0 rings (SSSR count). The van der Waals surface area contributed by atoms with Gasteiger partial charge in [0, 0.05) is 25.7 Å². The van der Waals surface area contributed by atoms with E-state index in [1.165, 1.54) is 263 Å². The summed E-state index contributed by atoms with van der Waals surface area (Å²) in [5, 5.41) is 10.6. The van der Waals surface area contributed by atoms with Gasteiger partial charge in [-0.1, -0.05) is 388 Å². The van der Waals surface area contributed by atoms with Crippen LogP contribution in [0.2, 0.25) is 0 Å². The quantitative estimate of drug-likeness (QED) is 0.0222. The first-order chi connectivity index (χ1) is 49.0. The third-order valence-corrected chi connectivity index (χ3v) is 21.2. The van der Waals surface area contributed by atoms with Gasteiger partial charge in [-0.3, -0.25) is 37.3 Å². The van der Waals surface area contributed by atoms with Crippen molar-refractivity contribution in [2.24, 2.45) is 5.92 Å². The number of carbonyl (C=O) groups excluding carboxylic acids is 4. The first-order valence-corrected chi connectivity index (χ1v) is 45.6. The lowest BCUT2D eigenvalue weighted by atomic mass is 10.0. The van der Waals surface area contributed by atoms with E-state index in [0.29, 0.717) is 25.7 Å². The third-order valence-electron chi connectivity index (χ3n) is 19.3. The Hall–Kier alpha value is -1.94. The van der Waals surface area contributed by atoms with Gasteiger partial charge in [-0.2, -0.15) is 0 Å². The lowest BCUT2D eigenvalue weighted by Crippen LogP contribution is -2.30. The maximum Gasteiger partial charge on any atom is 0.472 e. The monoisotopic (exact) mass is 1480 g/mol. The molecule has 101 heavy (non-hydrogen) atoms. The van der Waals surface area contributed by atoms with E-state index in [0.717, 1.165) is 95.8 Å². The zero-order valence-electron chi connectivity index (χ0n) is 66.1. The van der Waals surface area contributed by atoms with E-state index in [4.69, 9.17) is 37.0 Å². The van der Waals surface area contributed by atoms with E-state index >= 15 is 0 Å². The van der Waals surface area contributed by atoms with Crippen LogP contribution in [0.1, 0.15) is 439 Å². The maximum absolute atomic E-state index is 13.1. The van der Waals surface area contributed by atoms with E-state index in [2.05, 4.69) is 34.6 Å². The molecule has 3 N–H and O–H groups in total. The third kappa shape index (κ3) is 76.1. The number of aliphatic hydroxyl groups is 1. The number of hydrogen-bond donors (Lipinski definition) is 3. The van der Waals surface area contributed by atoms with Crippen molar-refractivity contribution in [3.05, 3.63) is 0 Å². The number of carbonyl (C=O) groups is 4. The summed E-state index contributed by atoms with van der Waals surface area (Å²) in [7, 11) is -9.92. The molecule has 0 aromatic carbocycles. The first kappa shape index (κ1) is 99.1. The molecule has 17 nitrogen and oxygen atoms in total. The summed E-state index contributed by atoms with van der Waals surface area (Å²) in [4.78, 5) is 73.0. The Morgan fingerprint density at radius 1 is 0.267 bits per heavy atom. The summed E-state index contributed by atoms with van der Waals surface area (Å²) in [5.41, 5.74) is 0. The second kappa shape index (κ2) is 74.9. The number of unbranched alkanes of at least 4 members (excludes halogenated alkanes) is 54. The number of phosphoric acid groups is 2. The fraction of sp³-hybridized carbons (Fsp3) is 0.951. The minimum Gasteiger partial charge on any atom is -0.462 e. The second-order valence-electron chi connectivity index (χ2n) is 30.0. The van der Waals surface area contributed by atoms with Crippen LogP contribution in [0, 0.1) is 5.92 Å². The van der Waals surface area contributed by atoms with Gasteiger partial charge in [0.05, 0.1) is 26.4 Å². The Kier molecular flexibility index (Phi) is 73.5. The summed E-state index contributed by atoms with van der Waals surface area (Å²) >= 11 is 0. The Labute approximate surface area is 619 Å². The lowest BCUT2D eigenvalue weighted by molar-refractivity contribution is -0.161. The zero-order valence-corrected chi connectivity index (χ0v) is 67.8. The maximum atomic E-state index is 13.1. The van der Waals surface area contributed by atoms with Crippen molar-refractivity contribution in [3.63, 3.8) is 0 Å². The molecule has 0 aromatic rings. The number of hydrogen-bond acceptors (Lipinski definition) is 15. The molecule has 0 aromatic heterocycles. The van der Waals surface area contributed by atoms with Gasteiger partial charge in [0.1, 0.15) is 19.3 Å². The molecule has 0 fully saturated rings. The molecule has 0 saturated carbocycles. The van der Waals surface area contributed by atoms with Crippen molar-refractivity contribution in [1.82, 2.24) is 0 Å². The average Bonchev–Trinajstić information content (AvgIpc) is 0.946. The summed E-state index contributed by atoms with van der Waals surface area (Å²) in [6.07, 6.45) is 66.7.